The van der Waals surface area contributed by atoms with Gasteiger partial charge in [-0.05, 0) is 42.8 Å². The van der Waals surface area contributed by atoms with Crippen LogP contribution in [-0.2, 0) is 0 Å². The maximum Gasteiger partial charge on any atom is 0.137 e. The average Bonchev–Trinajstić information content (AvgIpc) is 3.23. The zero-order chi connectivity index (χ0) is 16.7. The number of aromatic amines is 1. The largest absolute Gasteiger partial charge is 0.352 e. The SMILES string of the molecule is Cc1ccc(Cl)cc1-c1[nH]c(-c2ncnn3cccc23)cc1C#N. The summed E-state index contributed by atoms with van der Waals surface area (Å²) in [6.45, 7) is 1.99. The Bertz CT molecular complexity index is 1100. The second-order valence-corrected chi connectivity index (χ2v) is 5.93. The van der Waals surface area contributed by atoms with Gasteiger partial charge in [0, 0.05) is 16.8 Å². The van der Waals surface area contributed by atoms with Crippen LogP contribution in [0.15, 0.2) is 48.9 Å². The minimum Gasteiger partial charge on any atom is -0.352 e. The topological polar surface area (TPSA) is 69.8 Å². The summed E-state index contributed by atoms with van der Waals surface area (Å²) < 4.78 is 1.75. The molecule has 0 saturated heterocycles. The fourth-order valence-electron chi connectivity index (χ4n) is 2.82. The maximum absolute atomic E-state index is 9.53. The zero-order valence-corrected chi connectivity index (χ0v) is 13.5. The van der Waals surface area contributed by atoms with Gasteiger partial charge in [0.2, 0.25) is 0 Å². The molecule has 1 N–H and O–H groups in total. The smallest absolute Gasteiger partial charge is 0.137 e. The molecule has 0 aliphatic heterocycles. The van der Waals surface area contributed by atoms with Crippen LogP contribution in [0.1, 0.15) is 11.1 Å². The fraction of sp³-hybridized carbons (Fsp3) is 0.0556. The van der Waals surface area contributed by atoms with Crippen molar-refractivity contribution < 1.29 is 0 Å². The molecule has 0 unspecified atom stereocenters. The summed E-state index contributed by atoms with van der Waals surface area (Å²) in [4.78, 5) is 7.70. The van der Waals surface area contributed by atoms with E-state index in [-0.39, 0.29) is 0 Å². The lowest BCUT2D eigenvalue weighted by atomic mass is 10.0. The molecule has 0 bridgehead atoms. The Hall–Kier alpha value is -3.10. The van der Waals surface area contributed by atoms with Crippen molar-refractivity contribution >= 4 is 17.1 Å². The quantitative estimate of drug-likeness (QED) is 0.597. The predicted molar refractivity (Wildman–Crippen MR) is 92.7 cm³/mol. The molecule has 4 aromatic rings. The first-order chi connectivity index (χ1) is 11.7. The van der Waals surface area contributed by atoms with E-state index in [1.54, 1.807) is 4.52 Å². The second kappa shape index (κ2) is 5.52. The van der Waals surface area contributed by atoms with Crippen LogP contribution in [0.4, 0.5) is 0 Å². The van der Waals surface area contributed by atoms with Crippen molar-refractivity contribution in [2.45, 2.75) is 6.92 Å². The second-order valence-electron chi connectivity index (χ2n) is 5.49. The van der Waals surface area contributed by atoms with Crippen LogP contribution in [0.2, 0.25) is 5.02 Å². The summed E-state index contributed by atoms with van der Waals surface area (Å²) in [6.07, 6.45) is 3.36. The molecule has 0 atom stereocenters. The van der Waals surface area contributed by atoms with Gasteiger partial charge in [-0.1, -0.05) is 17.7 Å². The number of hydrogen-bond donors (Lipinski definition) is 1. The maximum atomic E-state index is 9.53. The Morgan fingerprint density at radius 2 is 2.12 bits per heavy atom. The van der Waals surface area contributed by atoms with Crippen LogP contribution in [0.5, 0.6) is 0 Å². The summed E-state index contributed by atoms with van der Waals surface area (Å²) in [6, 6.07) is 13.5. The van der Waals surface area contributed by atoms with Crippen molar-refractivity contribution in [3.8, 4) is 28.7 Å². The highest BCUT2D eigenvalue weighted by Gasteiger charge is 2.16. The first-order valence-corrected chi connectivity index (χ1v) is 7.73. The fourth-order valence-corrected chi connectivity index (χ4v) is 2.99. The Labute approximate surface area is 143 Å². The van der Waals surface area contributed by atoms with Crippen LogP contribution in [0.3, 0.4) is 0 Å². The number of aromatic nitrogens is 4. The average molecular weight is 334 g/mol. The Balaban J connectivity index is 1.95. The molecule has 0 aliphatic rings. The summed E-state index contributed by atoms with van der Waals surface area (Å²) in [5, 5.41) is 14.3. The number of nitriles is 1. The van der Waals surface area contributed by atoms with Crippen LogP contribution in [-0.4, -0.2) is 19.6 Å². The number of fused-ring (bicyclic) bond motifs is 1. The van der Waals surface area contributed by atoms with Gasteiger partial charge in [0.15, 0.2) is 0 Å². The molecular weight excluding hydrogens is 322 g/mol. The molecule has 6 heteroatoms. The van der Waals surface area contributed by atoms with Crippen molar-refractivity contribution in [2.75, 3.05) is 0 Å². The van der Waals surface area contributed by atoms with Gasteiger partial charge in [0.1, 0.15) is 18.1 Å². The van der Waals surface area contributed by atoms with Crippen molar-refractivity contribution in [2.24, 2.45) is 0 Å². The summed E-state index contributed by atoms with van der Waals surface area (Å²) in [5.41, 5.74) is 5.64. The van der Waals surface area contributed by atoms with Gasteiger partial charge in [-0.2, -0.15) is 10.4 Å². The van der Waals surface area contributed by atoms with Gasteiger partial charge in [-0.3, -0.25) is 0 Å². The third kappa shape index (κ3) is 2.25. The number of H-pyrrole nitrogens is 1. The van der Waals surface area contributed by atoms with Crippen LogP contribution in [0, 0.1) is 18.3 Å². The van der Waals surface area contributed by atoms with E-state index in [2.05, 4.69) is 21.1 Å². The standard InChI is InChI=1S/C18H12ClN5/c1-11-4-5-13(19)8-14(11)17-12(9-20)7-15(23-17)18-16-3-2-6-24(16)22-10-21-18/h2-8,10,23H,1H3. The van der Waals surface area contributed by atoms with E-state index in [4.69, 9.17) is 11.6 Å². The highest BCUT2D eigenvalue weighted by Crippen LogP contribution is 2.32. The first-order valence-electron chi connectivity index (χ1n) is 7.36. The molecule has 4 rings (SSSR count). The van der Waals surface area contributed by atoms with Gasteiger partial charge in [0.05, 0.1) is 22.5 Å². The van der Waals surface area contributed by atoms with Gasteiger partial charge < -0.3 is 4.98 Å². The Kier molecular flexibility index (Phi) is 3.33. The van der Waals surface area contributed by atoms with Gasteiger partial charge in [-0.25, -0.2) is 9.50 Å². The minimum atomic E-state index is 0.554. The number of halogens is 1. The van der Waals surface area contributed by atoms with Gasteiger partial charge in [0.25, 0.3) is 0 Å². The lowest BCUT2D eigenvalue weighted by Gasteiger charge is -2.05. The monoisotopic (exact) mass is 333 g/mol. The Morgan fingerprint density at radius 1 is 1.25 bits per heavy atom. The molecule has 1 aromatic carbocycles. The summed E-state index contributed by atoms with van der Waals surface area (Å²) in [5.74, 6) is 0. The van der Waals surface area contributed by atoms with E-state index in [9.17, 15) is 5.26 Å². The number of nitrogens with one attached hydrogen (secondary N) is 1. The molecule has 0 spiro atoms. The molecule has 0 saturated carbocycles. The molecule has 3 heterocycles. The molecule has 0 aliphatic carbocycles. The van der Waals surface area contributed by atoms with Crippen molar-refractivity contribution in [1.29, 1.82) is 5.26 Å². The third-order valence-electron chi connectivity index (χ3n) is 4.00. The van der Waals surface area contributed by atoms with E-state index in [0.717, 1.165) is 33.7 Å². The first kappa shape index (κ1) is 14.5. The number of benzene rings is 1. The summed E-state index contributed by atoms with van der Waals surface area (Å²) >= 11 is 6.13. The zero-order valence-electron chi connectivity index (χ0n) is 12.8. The van der Waals surface area contributed by atoms with Gasteiger partial charge >= 0.3 is 0 Å². The Morgan fingerprint density at radius 3 is 2.96 bits per heavy atom. The van der Waals surface area contributed by atoms with E-state index in [0.29, 0.717) is 10.6 Å². The number of rotatable bonds is 2. The predicted octanol–water partition coefficient (Wildman–Crippen LogP) is 4.22. The lowest BCUT2D eigenvalue weighted by molar-refractivity contribution is 0.905. The highest BCUT2D eigenvalue weighted by atomic mass is 35.5. The van der Waals surface area contributed by atoms with E-state index in [1.165, 1.54) is 6.33 Å². The normalized spacial score (nSPS) is 10.9. The molecule has 24 heavy (non-hydrogen) atoms. The van der Waals surface area contributed by atoms with Gasteiger partial charge in [-0.15, -0.1) is 0 Å². The summed E-state index contributed by atoms with van der Waals surface area (Å²) in [7, 11) is 0. The van der Waals surface area contributed by atoms with Crippen molar-refractivity contribution in [3.63, 3.8) is 0 Å². The molecule has 0 amide bonds. The van der Waals surface area contributed by atoms with E-state index >= 15 is 0 Å². The molecular formula is C18H12ClN5. The van der Waals surface area contributed by atoms with Crippen molar-refractivity contribution in [3.05, 3.63) is 65.1 Å². The van der Waals surface area contributed by atoms with E-state index < -0.39 is 0 Å². The van der Waals surface area contributed by atoms with Crippen LogP contribution >= 0.6 is 11.6 Å². The molecule has 0 fully saturated rings. The number of aryl methyl sites for hydroxylation is 1. The number of hydrogen-bond acceptors (Lipinski definition) is 3. The minimum absolute atomic E-state index is 0.554. The van der Waals surface area contributed by atoms with Crippen LogP contribution < -0.4 is 0 Å². The lowest BCUT2D eigenvalue weighted by Crippen LogP contribution is -1.94. The molecule has 5 nitrogen and oxygen atoms in total. The molecule has 3 aromatic heterocycles. The van der Waals surface area contributed by atoms with Crippen molar-refractivity contribution in [1.82, 2.24) is 19.6 Å². The van der Waals surface area contributed by atoms with E-state index in [1.807, 2.05) is 49.5 Å². The molecule has 116 valence electrons. The van der Waals surface area contributed by atoms with Crippen LogP contribution in [0.25, 0.3) is 28.2 Å². The highest BCUT2D eigenvalue weighted by molar-refractivity contribution is 6.30. The third-order valence-corrected chi connectivity index (χ3v) is 4.23. The molecule has 0 radical (unpaired) electrons. The number of nitrogens with zero attached hydrogens (tertiary/aromatic N) is 4.